The topological polar surface area (TPSA) is 76.7 Å². The Morgan fingerprint density at radius 2 is 2.18 bits per heavy atom. The van der Waals surface area contributed by atoms with E-state index >= 15 is 0 Å². The van der Waals surface area contributed by atoms with Crippen molar-refractivity contribution in [3.8, 4) is 5.88 Å². The third-order valence-corrected chi connectivity index (χ3v) is 4.23. The largest absolute Gasteiger partial charge is 0.493 e. The summed E-state index contributed by atoms with van der Waals surface area (Å²) in [6, 6.07) is 3.18. The van der Waals surface area contributed by atoms with Gasteiger partial charge in [0.15, 0.2) is 11.3 Å². The summed E-state index contributed by atoms with van der Waals surface area (Å²) in [5.41, 5.74) is 1.48. The minimum absolute atomic E-state index is 0.00182. The van der Waals surface area contributed by atoms with Gasteiger partial charge >= 0.3 is 5.97 Å². The lowest BCUT2D eigenvalue weighted by Crippen LogP contribution is -2.05. The summed E-state index contributed by atoms with van der Waals surface area (Å²) in [5, 5.41) is 14.1. The smallest absolute Gasteiger partial charge is 0.358 e. The number of fused-ring (bicyclic) bond motifs is 1. The third kappa shape index (κ3) is 3.05. The van der Waals surface area contributed by atoms with Crippen molar-refractivity contribution in [1.29, 1.82) is 0 Å². The summed E-state index contributed by atoms with van der Waals surface area (Å²) in [6.45, 7) is 2.03. The molecular formula is C16H21N3O3. The van der Waals surface area contributed by atoms with Crippen molar-refractivity contribution in [1.82, 2.24) is 14.6 Å². The second-order valence-electron chi connectivity index (χ2n) is 5.81. The molecule has 2 aromatic heterocycles. The van der Waals surface area contributed by atoms with E-state index in [-0.39, 0.29) is 11.6 Å². The predicted octanol–water partition coefficient (Wildman–Crippen LogP) is 2.73. The number of aromatic hydroxyl groups is 1. The van der Waals surface area contributed by atoms with E-state index in [9.17, 15) is 9.90 Å². The molecule has 22 heavy (non-hydrogen) atoms. The van der Waals surface area contributed by atoms with E-state index in [1.54, 1.807) is 19.1 Å². The standard InChI is InChI=1S/C16H21N3O3/c1-2-22-16(21)13-10-14-17-12(9-15(20)19(14)18-13)8-7-11-5-3-4-6-11/h9-11,20H,2-8H2,1H3. The Morgan fingerprint density at radius 3 is 2.91 bits per heavy atom. The number of carbonyl (C=O) groups is 1. The monoisotopic (exact) mass is 303 g/mol. The van der Waals surface area contributed by atoms with E-state index in [0.717, 1.165) is 24.5 Å². The van der Waals surface area contributed by atoms with Crippen LogP contribution < -0.4 is 0 Å². The molecule has 1 N–H and O–H groups in total. The lowest BCUT2D eigenvalue weighted by Gasteiger charge is -2.08. The van der Waals surface area contributed by atoms with Gasteiger partial charge in [-0.2, -0.15) is 9.61 Å². The average molecular weight is 303 g/mol. The SMILES string of the molecule is CCOC(=O)c1cc2nc(CCC3CCCC3)cc(O)n2n1. The zero-order valence-electron chi connectivity index (χ0n) is 12.8. The van der Waals surface area contributed by atoms with Crippen molar-refractivity contribution in [2.75, 3.05) is 6.61 Å². The fourth-order valence-electron chi connectivity index (χ4n) is 3.09. The summed E-state index contributed by atoms with van der Waals surface area (Å²) in [7, 11) is 0. The maximum atomic E-state index is 11.7. The van der Waals surface area contributed by atoms with Gasteiger partial charge in [0, 0.05) is 17.8 Å². The molecule has 1 fully saturated rings. The summed E-state index contributed by atoms with van der Waals surface area (Å²) in [5.74, 6) is 0.280. The van der Waals surface area contributed by atoms with E-state index in [0.29, 0.717) is 12.3 Å². The van der Waals surface area contributed by atoms with Crippen LogP contribution in [0.5, 0.6) is 5.88 Å². The first-order valence-electron chi connectivity index (χ1n) is 7.93. The van der Waals surface area contributed by atoms with Crippen molar-refractivity contribution < 1.29 is 14.6 Å². The first kappa shape index (κ1) is 14.8. The normalized spacial score (nSPS) is 15.5. The van der Waals surface area contributed by atoms with Crippen molar-refractivity contribution >= 4 is 11.6 Å². The molecule has 0 bridgehead atoms. The minimum Gasteiger partial charge on any atom is -0.493 e. The molecule has 1 aliphatic carbocycles. The first-order chi connectivity index (χ1) is 10.7. The van der Waals surface area contributed by atoms with Crippen molar-refractivity contribution in [2.24, 2.45) is 5.92 Å². The molecule has 0 unspecified atom stereocenters. The number of esters is 1. The highest BCUT2D eigenvalue weighted by Crippen LogP contribution is 2.29. The van der Waals surface area contributed by atoms with Gasteiger partial charge in [-0.15, -0.1) is 0 Å². The molecular weight excluding hydrogens is 282 g/mol. The molecule has 1 saturated carbocycles. The van der Waals surface area contributed by atoms with Crippen LogP contribution in [0.4, 0.5) is 0 Å². The Bertz CT molecular complexity index is 675. The highest BCUT2D eigenvalue weighted by Gasteiger charge is 2.17. The lowest BCUT2D eigenvalue weighted by atomic mass is 10.0. The lowest BCUT2D eigenvalue weighted by molar-refractivity contribution is 0.0519. The van der Waals surface area contributed by atoms with E-state index < -0.39 is 5.97 Å². The zero-order chi connectivity index (χ0) is 15.5. The molecule has 0 amide bonds. The molecule has 2 aromatic rings. The number of ether oxygens (including phenoxy) is 1. The van der Waals surface area contributed by atoms with Crippen LogP contribution in [0, 0.1) is 5.92 Å². The van der Waals surface area contributed by atoms with Gasteiger partial charge in [-0.3, -0.25) is 0 Å². The maximum Gasteiger partial charge on any atom is 0.358 e. The van der Waals surface area contributed by atoms with Crippen LogP contribution in [-0.4, -0.2) is 32.3 Å². The Kier molecular flexibility index (Phi) is 4.27. The molecule has 0 radical (unpaired) electrons. The molecule has 3 rings (SSSR count). The van der Waals surface area contributed by atoms with Crippen LogP contribution in [0.15, 0.2) is 12.1 Å². The molecule has 0 aromatic carbocycles. The van der Waals surface area contributed by atoms with Gasteiger partial charge in [-0.25, -0.2) is 9.78 Å². The first-order valence-corrected chi connectivity index (χ1v) is 7.93. The summed E-state index contributed by atoms with van der Waals surface area (Å²) < 4.78 is 6.19. The summed E-state index contributed by atoms with van der Waals surface area (Å²) in [6.07, 6.45) is 7.19. The second kappa shape index (κ2) is 6.34. The van der Waals surface area contributed by atoms with Crippen molar-refractivity contribution in [3.63, 3.8) is 0 Å². The molecule has 0 aliphatic heterocycles. The van der Waals surface area contributed by atoms with Crippen LogP contribution in [0.25, 0.3) is 5.65 Å². The highest BCUT2D eigenvalue weighted by atomic mass is 16.5. The van der Waals surface area contributed by atoms with Gasteiger partial charge in [0.05, 0.1) is 6.61 Å². The third-order valence-electron chi connectivity index (χ3n) is 4.23. The predicted molar refractivity (Wildman–Crippen MR) is 80.9 cm³/mol. The number of aromatic nitrogens is 3. The minimum atomic E-state index is -0.500. The number of rotatable bonds is 5. The number of carbonyl (C=O) groups excluding carboxylic acids is 1. The van der Waals surface area contributed by atoms with Gasteiger partial charge in [-0.05, 0) is 25.7 Å². The van der Waals surface area contributed by atoms with Crippen molar-refractivity contribution in [3.05, 3.63) is 23.5 Å². The molecule has 2 heterocycles. The van der Waals surface area contributed by atoms with Gasteiger partial charge in [0.25, 0.3) is 0 Å². The van der Waals surface area contributed by atoms with Crippen LogP contribution in [0.3, 0.4) is 0 Å². The number of hydrogen-bond donors (Lipinski definition) is 1. The molecule has 0 spiro atoms. The van der Waals surface area contributed by atoms with Crippen LogP contribution in [0.1, 0.15) is 55.2 Å². The molecule has 0 atom stereocenters. The van der Waals surface area contributed by atoms with Gasteiger partial charge < -0.3 is 9.84 Å². The second-order valence-corrected chi connectivity index (χ2v) is 5.81. The van der Waals surface area contributed by atoms with E-state index in [1.807, 2.05) is 0 Å². The molecule has 0 saturated heterocycles. The average Bonchev–Trinajstić information content (AvgIpc) is 3.15. The van der Waals surface area contributed by atoms with Crippen LogP contribution in [-0.2, 0) is 11.2 Å². The Labute approximate surface area is 129 Å². The Morgan fingerprint density at radius 1 is 1.41 bits per heavy atom. The molecule has 1 aliphatic rings. The van der Waals surface area contributed by atoms with E-state index in [1.165, 1.54) is 30.2 Å². The van der Waals surface area contributed by atoms with E-state index in [2.05, 4.69) is 10.1 Å². The van der Waals surface area contributed by atoms with Crippen LogP contribution in [0.2, 0.25) is 0 Å². The van der Waals surface area contributed by atoms with Crippen molar-refractivity contribution in [2.45, 2.75) is 45.4 Å². The van der Waals surface area contributed by atoms with Crippen LogP contribution >= 0.6 is 0 Å². The number of nitrogens with zero attached hydrogens (tertiary/aromatic N) is 3. The fourth-order valence-corrected chi connectivity index (χ4v) is 3.09. The molecule has 6 heteroatoms. The van der Waals surface area contributed by atoms with Gasteiger partial charge in [-0.1, -0.05) is 25.7 Å². The summed E-state index contributed by atoms with van der Waals surface area (Å²) in [4.78, 5) is 16.2. The molecule has 6 nitrogen and oxygen atoms in total. The van der Waals surface area contributed by atoms with Gasteiger partial charge in [0.1, 0.15) is 0 Å². The fraction of sp³-hybridized carbons (Fsp3) is 0.562. The maximum absolute atomic E-state index is 11.7. The van der Waals surface area contributed by atoms with E-state index in [4.69, 9.17) is 4.74 Å². The zero-order valence-corrected chi connectivity index (χ0v) is 12.8. The Hall–Kier alpha value is -2.11. The number of hydrogen-bond acceptors (Lipinski definition) is 5. The Balaban J connectivity index is 1.79. The molecule has 118 valence electrons. The highest BCUT2D eigenvalue weighted by molar-refractivity contribution is 5.88. The number of aryl methyl sites for hydroxylation is 1. The summed E-state index contributed by atoms with van der Waals surface area (Å²) >= 11 is 0. The quantitative estimate of drug-likeness (QED) is 0.859. The van der Waals surface area contributed by atoms with Gasteiger partial charge in [0.2, 0.25) is 5.88 Å².